The molecule has 1 amide bonds. The van der Waals surface area contributed by atoms with Gasteiger partial charge in [0.05, 0.1) is 6.54 Å². The van der Waals surface area contributed by atoms with Crippen LogP contribution in [0.25, 0.3) is 0 Å². The lowest BCUT2D eigenvalue weighted by atomic mass is 10.00. The number of ketones is 1. The van der Waals surface area contributed by atoms with Gasteiger partial charge in [-0.05, 0) is 18.1 Å². The van der Waals surface area contributed by atoms with Crippen LogP contribution in [0.4, 0.5) is 0 Å². The molecular formula is C20H21NO4. The molecule has 5 heteroatoms. The molecule has 0 spiro atoms. The van der Waals surface area contributed by atoms with Gasteiger partial charge in [-0.2, -0.15) is 0 Å². The summed E-state index contributed by atoms with van der Waals surface area (Å²) in [5, 5.41) is 9.59. The molecule has 5 nitrogen and oxygen atoms in total. The van der Waals surface area contributed by atoms with Crippen LogP contribution in [0.15, 0.2) is 60.7 Å². The highest BCUT2D eigenvalue weighted by molar-refractivity contribution is 6.03. The third-order valence-electron chi connectivity index (χ3n) is 3.91. The monoisotopic (exact) mass is 339 g/mol. The summed E-state index contributed by atoms with van der Waals surface area (Å²) in [5.41, 5.74) is 0.802. The Bertz CT molecular complexity index is 741. The Labute approximate surface area is 146 Å². The van der Waals surface area contributed by atoms with Crippen molar-refractivity contribution in [3.63, 3.8) is 0 Å². The molecule has 2 rings (SSSR count). The Morgan fingerprint density at radius 1 is 0.880 bits per heavy atom. The second-order valence-corrected chi connectivity index (χ2v) is 6.12. The number of nitrogens with zero attached hydrogens (tertiary/aromatic N) is 1. The average molecular weight is 339 g/mol. The normalized spacial score (nSPS) is 11.8. The molecule has 0 aliphatic heterocycles. The van der Waals surface area contributed by atoms with Gasteiger partial charge in [0.2, 0.25) is 0 Å². The molecule has 0 bridgehead atoms. The first-order chi connectivity index (χ1) is 11.9. The standard InChI is InChI=1S/C20H21NO4/c1-14(2)18(20(24)25)21(19(23)16-11-7-4-8-12-16)13-17(22)15-9-5-3-6-10-15/h3-12,14,18H,13H2,1-2H3,(H,24,25). The maximum Gasteiger partial charge on any atom is 0.326 e. The van der Waals surface area contributed by atoms with E-state index in [0.717, 1.165) is 4.90 Å². The molecule has 130 valence electrons. The first-order valence-electron chi connectivity index (χ1n) is 8.09. The van der Waals surface area contributed by atoms with Crippen molar-refractivity contribution in [2.45, 2.75) is 19.9 Å². The summed E-state index contributed by atoms with van der Waals surface area (Å²) in [4.78, 5) is 38.3. The van der Waals surface area contributed by atoms with Crippen molar-refractivity contribution in [3.05, 3.63) is 71.8 Å². The van der Waals surface area contributed by atoms with Crippen molar-refractivity contribution < 1.29 is 19.5 Å². The fourth-order valence-electron chi connectivity index (χ4n) is 2.69. The lowest BCUT2D eigenvalue weighted by Crippen LogP contribution is -2.50. The highest BCUT2D eigenvalue weighted by atomic mass is 16.4. The van der Waals surface area contributed by atoms with Crippen LogP contribution in [0.5, 0.6) is 0 Å². The lowest BCUT2D eigenvalue weighted by Gasteiger charge is -2.31. The minimum absolute atomic E-state index is 0.285. The van der Waals surface area contributed by atoms with Gasteiger partial charge in [-0.15, -0.1) is 0 Å². The lowest BCUT2D eigenvalue weighted by molar-refractivity contribution is -0.143. The van der Waals surface area contributed by atoms with Crippen LogP contribution in [-0.4, -0.2) is 40.3 Å². The third kappa shape index (κ3) is 4.53. The molecule has 0 saturated carbocycles. The highest BCUT2D eigenvalue weighted by Gasteiger charge is 2.34. The molecule has 0 aromatic heterocycles. The van der Waals surface area contributed by atoms with Gasteiger partial charge in [0.15, 0.2) is 5.78 Å². The van der Waals surface area contributed by atoms with Gasteiger partial charge in [0.1, 0.15) is 6.04 Å². The van der Waals surface area contributed by atoms with Crippen LogP contribution in [0.1, 0.15) is 34.6 Å². The Morgan fingerprint density at radius 3 is 1.80 bits per heavy atom. The van der Waals surface area contributed by atoms with E-state index in [4.69, 9.17) is 0 Å². The van der Waals surface area contributed by atoms with Crippen molar-refractivity contribution in [1.82, 2.24) is 4.90 Å². The van der Waals surface area contributed by atoms with Crippen molar-refractivity contribution in [3.8, 4) is 0 Å². The van der Waals surface area contributed by atoms with Crippen LogP contribution < -0.4 is 0 Å². The summed E-state index contributed by atoms with van der Waals surface area (Å²) >= 11 is 0. The van der Waals surface area contributed by atoms with E-state index in [1.165, 1.54) is 0 Å². The summed E-state index contributed by atoms with van der Waals surface area (Å²) in [6, 6.07) is 15.9. The molecule has 0 fully saturated rings. The summed E-state index contributed by atoms with van der Waals surface area (Å²) < 4.78 is 0. The zero-order valence-corrected chi connectivity index (χ0v) is 14.3. The number of hydrogen-bond donors (Lipinski definition) is 1. The van der Waals surface area contributed by atoms with Crippen LogP contribution >= 0.6 is 0 Å². The minimum Gasteiger partial charge on any atom is -0.480 e. The van der Waals surface area contributed by atoms with E-state index in [-0.39, 0.29) is 18.2 Å². The number of hydrogen-bond acceptors (Lipinski definition) is 3. The van der Waals surface area contributed by atoms with Crippen molar-refractivity contribution in [1.29, 1.82) is 0 Å². The highest BCUT2D eigenvalue weighted by Crippen LogP contribution is 2.17. The summed E-state index contributed by atoms with van der Waals surface area (Å²) in [6.45, 7) is 3.15. The van der Waals surface area contributed by atoms with Crippen molar-refractivity contribution >= 4 is 17.7 Å². The van der Waals surface area contributed by atoms with Crippen molar-refractivity contribution in [2.24, 2.45) is 5.92 Å². The second kappa shape index (κ2) is 8.24. The van der Waals surface area contributed by atoms with Crippen LogP contribution in [0.2, 0.25) is 0 Å². The predicted molar refractivity (Wildman–Crippen MR) is 94.5 cm³/mol. The topological polar surface area (TPSA) is 74.7 Å². The first-order valence-corrected chi connectivity index (χ1v) is 8.09. The van der Waals surface area contributed by atoms with E-state index in [0.29, 0.717) is 11.1 Å². The molecule has 1 N–H and O–H groups in total. The number of carbonyl (C=O) groups is 3. The zero-order chi connectivity index (χ0) is 18.4. The number of carbonyl (C=O) groups excluding carboxylic acids is 2. The van der Waals surface area contributed by atoms with Gasteiger partial charge >= 0.3 is 5.97 Å². The van der Waals surface area contributed by atoms with Gasteiger partial charge in [-0.1, -0.05) is 62.4 Å². The summed E-state index contributed by atoms with van der Waals surface area (Å²) in [6.07, 6.45) is 0. The van der Waals surface area contributed by atoms with Crippen LogP contribution in [0.3, 0.4) is 0 Å². The smallest absolute Gasteiger partial charge is 0.326 e. The number of carboxylic acids is 1. The Morgan fingerprint density at radius 2 is 1.36 bits per heavy atom. The fourth-order valence-corrected chi connectivity index (χ4v) is 2.69. The molecular weight excluding hydrogens is 318 g/mol. The molecule has 1 atom stereocenters. The fraction of sp³-hybridized carbons (Fsp3) is 0.250. The number of Topliss-reactive ketones (excluding diaryl/α,β-unsaturated/α-hetero) is 1. The minimum atomic E-state index is -1.12. The van der Waals surface area contributed by atoms with Gasteiger partial charge in [-0.3, -0.25) is 9.59 Å². The van der Waals surface area contributed by atoms with E-state index in [1.807, 2.05) is 0 Å². The average Bonchev–Trinajstić information content (AvgIpc) is 2.61. The van der Waals surface area contributed by atoms with Crippen LogP contribution in [-0.2, 0) is 4.79 Å². The molecule has 0 saturated heterocycles. The van der Waals surface area contributed by atoms with E-state index in [9.17, 15) is 19.5 Å². The number of benzene rings is 2. The number of aliphatic carboxylic acids is 1. The van der Waals surface area contributed by atoms with E-state index in [2.05, 4.69) is 0 Å². The Kier molecular flexibility index (Phi) is 6.06. The van der Waals surface area contributed by atoms with E-state index >= 15 is 0 Å². The molecule has 0 aliphatic rings. The van der Waals surface area contributed by atoms with E-state index < -0.39 is 17.9 Å². The number of amides is 1. The van der Waals surface area contributed by atoms with Crippen LogP contribution in [0, 0.1) is 5.92 Å². The molecule has 0 radical (unpaired) electrons. The van der Waals surface area contributed by atoms with Gasteiger partial charge in [0, 0.05) is 11.1 Å². The van der Waals surface area contributed by atoms with E-state index in [1.54, 1.807) is 74.5 Å². The number of carboxylic acid groups (broad SMARTS) is 1. The molecule has 2 aromatic carbocycles. The quantitative estimate of drug-likeness (QED) is 0.787. The Balaban J connectivity index is 2.36. The predicted octanol–water partition coefficient (Wildman–Crippen LogP) is 3.12. The summed E-state index contributed by atoms with van der Waals surface area (Å²) in [5.74, 6) is -2.23. The summed E-state index contributed by atoms with van der Waals surface area (Å²) in [7, 11) is 0. The molecule has 25 heavy (non-hydrogen) atoms. The maximum absolute atomic E-state index is 12.9. The van der Waals surface area contributed by atoms with Crippen molar-refractivity contribution in [2.75, 3.05) is 6.54 Å². The maximum atomic E-state index is 12.9. The number of rotatable bonds is 7. The third-order valence-corrected chi connectivity index (χ3v) is 3.91. The van der Waals surface area contributed by atoms with Gasteiger partial charge in [0.25, 0.3) is 5.91 Å². The Hall–Kier alpha value is -2.95. The molecule has 0 heterocycles. The second-order valence-electron chi connectivity index (χ2n) is 6.12. The molecule has 1 unspecified atom stereocenters. The van der Waals surface area contributed by atoms with Gasteiger partial charge in [-0.25, -0.2) is 4.79 Å². The SMILES string of the molecule is CC(C)C(C(=O)O)N(CC(=O)c1ccccc1)C(=O)c1ccccc1. The molecule has 0 aliphatic carbocycles. The van der Waals surface area contributed by atoms with Gasteiger partial charge < -0.3 is 10.0 Å². The molecule has 2 aromatic rings. The first kappa shape index (κ1) is 18.4. The largest absolute Gasteiger partial charge is 0.480 e. The zero-order valence-electron chi connectivity index (χ0n) is 14.3.